The molecule has 1 nitrogen and oxygen atoms in total. The van der Waals surface area contributed by atoms with Gasteiger partial charge in [-0.15, -0.1) is 0 Å². The zero-order valence-electron chi connectivity index (χ0n) is 43.2. The van der Waals surface area contributed by atoms with Gasteiger partial charge in [-0.05, 0) is 148 Å². The first-order valence-electron chi connectivity index (χ1n) is 24.7. The summed E-state index contributed by atoms with van der Waals surface area (Å²) in [5.41, 5.74) is 23.9. The van der Waals surface area contributed by atoms with Gasteiger partial charge in [0.05, 0.1) is 5.69 Å². The summed E-state index contributed by atoms with van der Waals surface area (Å²) in [5.74, 6) is 0. The van der Waals surface area contributed by atoms with Gasteiger partial charge in [0.25, 0.3) is 0 Å². The second kappa shape index (κ2) is 17.0. The summed E-state index contributed by atoms with van der Waals surface area (Å²) in [6.45, 7) is 32.7. The van der Waals surface area contributed by atoms with Gasteiger partial charge < -0.3 is 4.90 Å². The van der Waals surface area contributed by atoms with Crippen LogP contribution >= 0.6 is 0 Å². The molecule has 1 aliphatic carbocycles. The fourth-order valence-corrected chi connectivity index (χ4v) is 10.0. The summed E-state index contributed by atoms with van der Waals surface area (Å²) < 4.78 is 0. The fourth-order valence-electron chi connectivity index (χ4n) is 10.0. The quantitative estimate of drug-likeness (QED) is 0.154. The molecular weight excluding hydrogens is 819 g/mol. The van der Waals surface area contributed by atoms with Crippen LogP contribution in [0.5, 0.6) is 0 Å². The minimum atomic E-state index is -0.120. The van der Waals surface area contributed by atoms with Crippen LogP contribution in [-0.2, 0) is 27.1 Å². The number of fused-ring (bicyclic) bond motifs is 3. The van der Waals surface area contributed by atoms with Crippen LogP contribution in [0.25, 0.3) is 55.6 Å². The van der Waals surface area contributed by atoms with E-state index in [1.165, 1.54) is 89.0 Å². The minimum Gasteiger partial charge on any atom is -0.310 e. The van der Waals surface area contributed by atoms with Crippen LogP contribution < -0.4 is 4.90 Å². The molecule has 0 bridgehead atoms. The zero-order valence-corrected chi connectivity index (χ0v) is 43.2. The number of rotatable bonds is 7. The highest BCUT2D eigenvalue weighted by Gasteiger charge is 2.36. The van der Waals surface area contributed by atoms with Crippen LogP contribution in [-0.4, -0.2) is 0 Å². The monoisotopic (exact) mass is 890 g/mol. The van der Waals surface area contributed by atoms with E-state index in [9.17, 15) is 0 Å². The standard InChI is InChI=1S/C67H71N/c1-63(2,3)51-36-46(34-47(37-51)48-35-49(39-52(38-48)64(4,5)6)50-40-53(65(7,8)9)42-54(41-50)66(10,11)12)44-28-30-55(31-29-44)68(62-27-21-19-24-57(62)45-22-16-15-17-23-45)56-32-33-59-58-25-18-20-26-60(58)67(13,14)61(59)43-56/h15-43H,1-14H3. The van der Waals surface area contributed by atoms with Crippen molar-refractivity contribution in [2.24, 2.45) is 0 Å². The van der Waals surface area contributed by atoms with Crippen molar-refractivity contribution in [3.8, 4) is 55.6 Å². The number of anilines is 3. The zero-order chi connectivity index (χ0) is 48.6. The summed E-state index contributed by atoms with van der Waals surface area (Å²) in [6.07, 6.45) is 0. The fraction of sp³-hybridized carbons (Fsp3) is 0.284. The molecule has 0 heterocycles. The van der Waals surface area contributed by atoms with Gasteiger partial charge in [-0.25, -0.2) is 0 Å². The minimum absolute atomic E-state index is 0.0267. The number of nitrogens with zero attached hydrogens (tertiary/aromatic N) is 1. The van der Waals surface area contributed by atoms with Gasteiger partial charge in [0.2, 0.25) is 0 Å². The maximum Gasteiger partial charge on any atom is 0.0540 e. The van der Waals surface area contributed by atoms with Gasteiger partial charge in [0.15, 0.2) is 0 Å². The molecule has 0 spiro atoms. The first-order valence-corrected chi connectivity index (χ1v) is 24.7. The Bertz CT molecular complexity index is 3120. The Balaban J connectivity index is 1.19. The van der Waals surface area contributed by atoms with Crippen molar-refractivity contribution >= 4 is 17.1 Å². The van der Waals surface area contributed by atoms with Crippen molar-refractivity contribution < 1.29 is 0 Å². The first kappa shape index (κ1) is 46.7. The van der Waals surface area contributed by atoms with E-state index in [0.717, 1.165) is 17.1 Å². The van der Waals surface area contributed by atoms with E-state index in [1.54, 1.807) is 0 Å². The number of hydrogen-bond acceptors (Lipinski definition) is 1. The van der Waals surface area contributed by atoms with Gasteiger partial charge >= 0.3 is 0 Å². The molecule has 8 aromatic rings. The Kier molecular flexibility index (Phi) is 11.6. The van der Waals surface area contributed by atoms with Gasteiger partial charge in [0, 0.05) is 22.4 Å². The Morgan fingerprint density at radius 2 is 0.691 bits per heavy atom. The number of hydrogen-bond donors (Lipinski definition) is 0. The van der Waals surface area contributed by atoms with E-state index >= 15 is 0 Å². The summed E-state index contributed by atoms with van der Waals surface area (Å²) >= 11 is 0. The molecule has 1 heteroatoms. The lowest BCUT2D eigenvalue weighted by Crippen LogP contribution is -2.16. The molecular formula is C67H71N. The molecule has 0 N–H and O–H groups in total. The maximum atomic E-state index is 2.46. The molecule has 9 rings (SSSR count). The van der Waals surface area contributed by atoms with Crippen LogP contribution in [0.15, 0.2) is 176 Å². The van der Waals surface area contributed by atoms with E-state index in [1.807, 2.05) is 0 Å². The normalized spacial score (nSPS) is 13.6. The molecule has 0 atom stereocenters. The third-order valence-corrected chi connectivity index (χ3v) is 14.4. The van der Waals surface area contributed by atoms with Crippen molar-refractivity contribution in [1.82, 2.24) is 0 Å². The molecule has 344 valence electrons. The largest absolute Gasteiger partial charge is 0.310 e. The van der Waals surface area contributed by atoms with Crippen molar-refractivity contribution in [2.45, 2.75) is 124 Å². The molecule has 68 heavy (non-hydrogen) atoms. The third kappa shape index (κ3) is 9.01. The smallest absolute Gasteiger partial charge is 0.0540 e. The molecule has 0 unspecified atom stereocenters. The van der Waals surface area contributed by atoms with Gasteiger partial charge in [0.1, 0.15) is 0 Å². The number of benzene rings is 8. The van der Waals surface area contributed by atoms with Crippen molar-refractivity contribution in [2.75, 3.05) is 4.90 Å². The Labute approximate surface area is 409 Å². The molecule has 0 aliphatic heterocycles. The van der Waals surface area contributed by atoms with E-state index in [2.05, 4.69) is 278 Å². The topological polar surface area (TPSA) is 3.24 Å². The second-order valence-electron chi connectivity index (χ2n) is 24.1. The van der Waals surface area contributed by atoms with Gasteiger partial charge in [-0.2, -0.15) is 0 Å². The highest BCUT2D eigenvalue weighted by atomic mass is 15.1. The molecule has 0 amide bonds. The van der Waals surface area contributed by atoms with E-state index < -0.39 is 0 Å². The van der Waals surface area contributed by atoms with E-state index in [-0.39, 0.29) is 27.1 Å². The van der Waals surface area contributed by atoms with E-state index in [0.29, 0.717) is 0 Å². The molecule has 1 aliphatic rings. The highest BCUT2D eigenvalue weighted by molar-refractivity contribution is 5.91. The summed E-state index contributed by atoms with van der Waals surface area (Å²) in [6, 6.07) is 66.8. The van der Waals surface area contributed by atoms with Crippen LogP contribution in [0.4, 0.5) is 17.1 Å². The Morgan fingerprint density at radius 3 is 1.21 bits per heavy atom. The first-order chi connectivity index (χ1) is 32.0. The van der Waals surface area contributed by atoms with Crippen molar-refractivity contribution in [3.05, 3.63) is 209 Å². The van der Waals surface area contributed by atoms with Crippen LogP contribution in [0, 0.1) is 0 Å². The van der Waals surface area contributed by atoms with E-state index in [4.69, 9.17) is 0 Å². The molecule has 0 fully saturated rings. The summed E-state index contributed by atoms with van der Waals surface area (Å²) in [4.78, 5) is 2.46. The van der Waals surface area contributed by atoms with Gasteiger partial charge in [-0.3, -0.25) is 0 Å². The Morgan fingerprint density at radius 1 is 0.294 bits per heavy atom. The summed E-state index contributed by atoms with van der Waals surface area (Å²) in [5, 5.41) is 0. The van der Waals surface area contributed by atoms with Crippen LogP contribution in [0.2, 0.25) is 0 Å². The molecule has 0 aromatic heterocycles. The maximum absolute atomic E-state index is 2.46. The predicted octanol–water partition coefficient (Wildman–Crippen LogP) is 19.3. The Hall–Kier alpha value is -6.44. The lowest BCUT2D eigenvalue weighted by atomic mass is 9.77. The molecule has 0 saturated heterocycles. The third-order valence-electron chi connectivity index (χ3n) is 14.4. The molecule has 8 aromatic carbocycles. The SMILES string of the molecule is CC(C)(C)c1cc(-c2ccc(N(c3ccc4c(c3)C(C)(C)c3ccccc3-4)c3ccccc3-c3ccccc3)cc2)cc(-c2cc(-c3cc(C(C)(C)C)cc(C(C)(C)C)c3)cc(C(C)(C)C)c2)c1. The summed E-state index contributed by atoms with van der Waals surface area (Å²) in [7, 11) is 0. The van der Waals surface area contributed by atoms with Crippen molar-refractivity contribution in [3.63, 3.8) is 0 Å². The molecule has 0 saturated carbocycles. The van der Waals surface area contributed by atoms with Crippen molar-refractivity contribution in [1.29, 1.82) is 0 Å². The predicted molar refractivity (Wildman–Crippen MR) is 295 cm³/mol. The average Bonchev–Trinajstić information content (AvgIpc) is 3.53. The lowest BCUT2D eigenvalue weighted by molar-refractivity contribution is 0.569. The van der Waals surface area contributed by atoms with Gasteiger partial charge in [-0.1, -0.05) is 230 Å². The highest BCUT2D eigenvalue weighted by Crippen LogP contribution is 2.51. The average molecular weight is 890 g/mol. The number of para-hydroxylation sites is 1. The van der Waals surface area contributed by atoms with Crippen LogP contribution in [0.1, 0.15) is 130 Å². The van der Waals surface area contributed by atoms with Crippen LogP contribution in [0.3, 0.4) is 0 Å². The lowest BCUT2D eigenvalue weighted by Gasteiger charge is -2.30. The molecule has 0 radical (unpaired) electrons. The second-order valence-corrected chi connectivity index (χ2v) is 24.1.